The molecule has 74 valence electrons. The zero-order valence-electron chi connectivity index (χ0n) is 8.41. The van der Waals surface area contributed by atoms with Crippen LogP contribution < -0.4 is 0 Å². The number of rotatable bonds is 3. The maximum atomic E-state index is 5.56. The molecule has 1 aromatic rings. The lowest BCUT2D eigenvalue weighted by Crippen LogP contribution is -2.02. The number of aryl methyl sites for hydroxylation is 1. The predicted molar refractivity (Wildman–Crippen MR) is 58.0 cm³/mol. The predicted octanol–water partition coefficient (Wildman–Crippen LogP) is 3.31. The molecule has 0 aliphatic carbocycles. The van der Waals surface area contributed by atoms with Gasteiger partial charge in [0.1, 0.15) is 0 Å². The smallest absolute Gasteiger partial charge is 0.0923 e. The van der Waals surface area contributed by atoms with Crippen LogP contribution in [0.2, 0.25) is 0 Å². The summed E-state index contributed by atoms with van der Waals surface area (Å²) in [6, 6.07) is 10.6. The van der Waals surface area contributed by atoms with Crippen LogP contribution in [0.25, 0.3) is 0 Å². The molecule has 1 heterocycles. The van der Waals surface area contributed by atoms with Crippen LogP contribution >= 0.6 is 0 Å². The van der Waals surface area contributed by atoms with Crippen LogP contribution in [-0.2, 0) is 11.2 Å². The Bertz CT molecular complexity index is 300. The van der Waals surface area contributed by atoms with Gasteiger partial charge in [-0.1, -0.05) is 30.3 Å². The Morgan fingerprint density at radius 2 is 1.93 bits per heavy atom. The van der Waals surface area contributed by atoms with Crippen LogP contribution in [0.4, 0.5) is 0 Å². The zero-order chi connectivity index (χ0) is 9.64. The number of benzene rings is 1. The molecule has 2 rings (SSSR count). The molecule has 14 heavy (non-hydrogen) atoms. The topological polar surface area (TPSA) is 9.23 Å². The van der Waals surface area contributed by atoms with Gasteiger partial charge in [-0.25, -0.2) is 0 Å². The van der Waals surface area contributed by atoms with Crippen molar-refractivity contribution in [2.45, 2.75) is 25.7 Å². The summed E-state index contributed by atoms with van der Waals surface area (Å²) in [5.41, 5.74) is 1.39. The summed E-state index contributed by atoms with van der Waals surface area (Å²) >= 11 is 0. The second-order valence-corrected chi connectivity index (χ2v) is 3.65. The largest absolute Gasteiger partial charge is 0.498 e. The molecule has 0 saturated heterocycles. The first-order valence-electron chi connectivity index (χ1n) is 5.31. The summed E-state index contributed by atoms with van der Waals surface area (Å²) < 4.78 is 5.56. The molecule has 1 nitrogen and oxygen atoms in total. The minimum atomic E-state index is 0.903. The van der Waals surface area contributed by atoms with Crippen molar-refractivity contribution < 1.29 is 4.74 Å². The van der Waals surface area contributed by atoms with Gasteiger partial charge >= 0.3 is 0 Å². The highest BCUT2D eigenvalue weighted by Gasteiger charge is 2.03. The monoisotopic (exact) mass is 188 g/mol. The summed E-state index contributed by atoms with van der Waals surface area (Å²) in [5.74, 6) is 1.18. The average Bonchev–Trinajstić information content (AvgIpc) is 2.29. The lowest BCUT2D eigenvalue weighted by Gasteiger charge is -2.14. The SMILES string of the molecule is C1=C(CCc2ccccc2)OCCC1. The Labute approximate surface area is 85.4 Å². The van der Waals surface area contributed by atoms with Gasteiger partial charge in [0.05, 0.1) is 12.4 Å². The maximum Gasteiger partial charge on any atom is 0.0923 e. The van der Waals surface area contributed by atoms with Crippen molar-refractivity contribution in [3.8, 4) is 0 Å². The van der Waals surface area contributed by atoms with E-state index in [1.165, 1.54) is 24.2 Å². The first-order chi connectivity index (χ1) is 6.95. The van der Waals surface area contributed by atoms with Crippen molar-refractivity contribution in [2.24, 2.45) is 0 Å². The van der Waals surface area contributed by atoms with Crippen LogP contribution in [0.5, 0.6) is 0 Å². The van der Waals surface area contributed by atoms with Crippen molar-refractivity contribution in [3.05, 3.63) is 47.7 Å². The molecule has 0 unspecified atom stereocenters. The molecule has 0 spiro atoms. The third kappa shape index (κ3) is 2.63. The van der Waals surface area contributed by atoms with Gasteiger partial charge in [-0.2, -0.15) is 0 Å². The first-order valence-corrected chi connectivity index (χ1v) is 5.31. The third-order valence-electron chi connectivity index (χ3n) is 2.51. The van der Waals surface area contributed by atoms with Crippen molar-refractivity contribution in [3.63, 3.8) is 0 Å². The fourth-order valence-corrected chi connectivity index (χ4v) is 1.70. The van der Waals surface area contributed by atoms with Gasteiger partial charge in [-0.05, 0) is 30.9 Å². The third-order valence-corrected chi connectivity index (χ3v) is 2.51. The summed E-state index contributed by atoms with van der Waals surface area (Å²) in [6.07, 6.45) is 6.72. The summed E-state index contributed by atoms with van der Waals surface area (Å²) in [5, 5.41) is 0. The van der Waals surface area contributed by atoms with E-state index in [1.54, 1.807) is 0 Å². The fraction of sp³-hybridized carbons (Fsp3) is 0.385. The van der Waals surface area contributed by atoms with E-state index in [1.807, 2.05) is 0 Å². The van der Waals surface area contributed by atoms with Gasteiger partial charge in [0.15, 0.2) is 0 Å². The van der Waals surface area contributed by atoms with E-state index in [4.69, 9.17) is 4.74 Å². The lowest BCUT2D eigenvalue weighted by molar-refractivity contribution is 0.184. The van der Waals surface area contributed by atoms with Crippen molar-refractivity contribution in [1.82, 2.24) is 0 Å². The second kappa shape index (κ2) is 4.85. The molecule has 0 atom stereocenters. The van der Waals surface area contributed by atoms with E-state index in [2.05, 4.69) is 36.4 Å². The van der Waals surface area contributed by atoms with Crippen LogP contribution in [0.3, 0.4) is 0 Å². The van der Waals surface area contributed by atoms with E-state index in [0.717, 1.165) is 19.4 Å². The van der Waals surface area contributed by atoms with Crippen molar-refractivity contribution >= 4 is 0 Å². The van der Waals surface area contributed by atoms with E-state index < -0.39 is 0 Å². The summed E-state index contributed by atoms with van der Waals surface area (Å²) in [6.45, 7) is 0.903. The molecule has 1 aliphatic rings. The molecule has 0 radical (unpaired) electrons. The molecule has 0 N–H and O–H groups in total. The molecule has 0 bridgehead atoms. The van der Waals surface area contributed by atoms with E-state index in [0.29, 0.717) is 0 Å². The lowest BCUT2D eigenvalue weighted by atomic mass is 10.1. The van der Waals surface area contributed by atoms with E-state index >= 15 is 0 Å². The van der Waals surface area contributed by atoms with E-state index in [9.17, 15) is 0 Å². The van der Waals surface area contributed by atoms with Gasteiger partial charge < -0.3 is 4.74 Å². The van der Waals surface area contributed by atoms with Crippen LogP contribution in [-0.4, -0.2) is 6.61 Å². The van der Waals surface area contributed by atoms with Crippen molar-refractivity contribution in [2.75, 3.05) is 6.61 Å². The van der Waals surface area contributed by atoms with Gasteiger partial charge in [0.2, 0.25) is 0 Å². The first kappa shape index (κ1) is 9.32. The standard InChI is InChI=1S/C13H16O/c1-2-6-12(7-3-1)9-10-13-8-4-5-11-14-13/h1-3,6-8H,4-5,9-11H2. The van der Waals surface area contributed by atoms with Gasteiger partial charge in [-0.15, -0.1) is 0 Å². The minimum absolute atomic E-state index is 0.903. The molecular formula is C13H16O. The van der Waals surface area contributed by atoms with Crippen molar-refractivity contribution in [1.29, 1.82) is 0 Å². The Kier molecular flexibility index (Phi) is 3.23. The molecule has 0 fully saturated rings. The number of hydrogen-bond acceptors (Lipinski definition) is 1. The van der Waals surface area contributed by atoms with Gasteiger partial charge in [-0.3, -0.25) is 0 Å². The minimum Gasteiger partial charge on any atom is -0.498 e. The quantitative estimate of drug-likeness (QED) is 0.707. The Balaban J connectivity index is 1.85. The molecule has 0 aromatic heterocycles. The van der Waals surface area contributed by atoms with Gasteiger partial charge in [0.25, 0.3) is 0 Å². The Hall–Kier alpha value is -1.24. The van der Waals surface area contributed by atoms with Crippen LogP contribution in [0, 0.1) is 0 Å². The number of allylic oxidation sites excluding steroid dienone is 2. The molecule has 0 amide bonds. The highest BCUT2D eigenvalue weighted by Crippen LogP contribution is 2.15. The maximum absolute atomic E-state index is 5.56. The van der Waals surface area contributed by atoms with E-state index in [-0.39, 0.29) is 0 Å². The molecule has 0 saturated carbocycles. The highest BCUT2D eigenvalue weighted by atomic mass is 16.5. The highest BCUT2D eigenvalue weighted by molar-refractivity contribution is 5.16. The normalized spacial score (nSPS) is 15.9. The Morgan fingerprint density at radius 1 is 1.07 bits per heavy atom. The molecule has 1 aromatic carbocycles. The average molecular weight is 188 g/mol. The zero-order valence-corrected chi connectivity index (χ0v) is 8.41. The molecule has 1 aliphatic heterocycles. The number of hydrogen-bond donors (Lipinski definition) is 0. The Morgan fingerprint density at radius 3 is 2.64 bits per heavy atom. The van der Waals surface area contributed by atoms with Crippen LogP contribution in [0.15, 0.2) is 42.2 Å². The molecular weight excluding hydrogens is 172 g/mol. The molecule has 1 heteroatoms. The number of ether oxygens (including phenoxy) is 1. The van der Waals surface area contributed by atoms with Crippen LogP contribution in [0.1, 0.15) is 24.8 Å². The summed E-state index contributed by atoms with van der Waals surface area (Å²) in [7, 11) is 0. The summed E-state index contributed by atoms with van der Waals surface area (Å²) in [4.78, 5) is 0. The fourth-order valence-electron chi connectivity index (χ4n) is 1.70. The second-order valence-electron chi connectivity index (χ2n) is 3.65. The van der Waals surface area contributed by atoms with Gasteiger partial charge in [0, 0.05) is 6.42 Å².